The molecule has 4 aromatic rings. The Morgan fingerprint density at radius 2 is 1.77 bits per heavy atom. The molecular formula is C17H13N3O2. The molecule has 0 radical (unpaired) electrons. The highest BCUT2D eigenvalue weighted by atomic mass is 16.3. The largest absolute Gasteiger partial charge is 0.508 e. The molecule has 0 fully saturated rings. The first kappa shape index (κ1) is 12.6. The molecular weight excluding hydrogens is 278 g/mol. The van der Waals surface area contributed by atoms with Crippen LogP contribution in [0.4, 0.5) is 0 Å². The molecule has 108 valence electrons. The zero-order valence-corrected chi connectivity index (χ0v) is 11.7. The molecule has 0 unspecified atom stereocenters. The fourth-order valence-electron chi connectivity index (χ4n) is 2.73. The van der Waals surface area contributed by atoms with Crippen LogP contribution in [0.2, 0.25) is 0 Å². The van der Waals surface area contributed by atoms with Gasteiger partial charge in [0.25, 0.3) is 0 Å². The van der Waals surface area contributed by atoms with E-state index in [-0.39, 0.29) is 18.1 Å². The highest BCUT2D eigenvalue weighted by Gasteiger charge is 2.14. The van der Waals surface area contributed by atoms with Crippen LogP contribution in [0.1, 0.15) is 10.4 Å². The molecule has 0 saturated carbocycles. The minimum Gasteiger partial charge on any atom is -0.508 e. The Bertz CT molecular complexity index is 980. The summed E-state index contributed by atoms with van der Waals surface area (Å²) in [5.41, 5.74) is 2.56. The standard InChI is InChI=1S/C17H13N3O2/c21-13-7-5-12(6-8-13)16(22)11-20-15-4-2-1-3-14(15)19-10-9-18-17(19)20/h1-10,21H,11H2. The molecule has 1 N–H and O–H groups in total. The van der Waals surface area contributed by atoms with Crippen LogP contribution in [0.15, 0.2) is 60.9 Å². The van der Waals surface area contributed by atoms with Crippen molar-refractivity contribution in [2.75, 3.05) is 0 Å². The Labute approximate surface area is 126 Å². The third-order valence-electron chi connectivity index (χ3n) is 3.79. The number of Topliss-reactive ketones (excluding diaryl/α,β-unsaturated/α-hetero) is 1. The lowest BCUT2D eigenvalue weighted by atomic mass is 10.1. The molecule has 5 nitrogen and oxygen atoms in total. The fourth-order valence-corrected chi connectivity index (χ4v) is 2.73. The van der Waals surface area contributed by atoms with Gasteiger partial charge in [0.05, 0.1) is 17.6 Å². The lowest BCUT2D eigenvalue weighted by Gasteiger charge is -2.05. The number of para-hydroxylation sites is 2. The van der Waals surface area contributed by atoms with Crippen molar-refractivity contribution in [3.05, 3.63) is 66.5 Å². The van der Waals surface area contributed by atoms with Gasteiger partial charge in [-0.25, -0.2) is 4.98 Å². The number of fused-ring (bicyclic) bond motifs is 3. The minimum atomic E-state index is -0.0220. The van der Waals surface area contributed by atoms with E-state index in [4.69, 9.17) is 0 Å². The lowest BCUT2D eigenvalue weighted by molar-refractivity contribution is 0.0974. The molecule has 0 atom stereocenters. The average molecular weight is 291 g/mol. The summed E-state index contributed by atoms with van der Waals surface area (Å²) >= 11 is 0. The SMILES string of the molecule is O=C(Cn1c2ccccc2n2ccnc12)c1ccc(O)cc1. The van der Waals surface area contributed by atoms with Gasteiger partial charge >= 0.3 is 0 Å². The summed E-state index contributed by atoms with van der Waals surface area (Å²) in [7, 11) is 0. The summed E-state index contributed by atoms with van der Waals surface area (Å²) in [4.78, 5) is 16.8. The number of carbonyl (C=O) groups excluding carboxylic acids is 1. The first-order valence-electron chi connectivity index (χ1n) is 6.96. The zero-order valence-electron chi connectivity index (χ0n) is 11.7. The van der Waals surface area contributed by atoms with Gasteiger partial charge in [-0.15, -0.1) is 0 Å². The average Bonchev–Trinajstić information content (AvgIpc) is 3.11. The normalized spacial score (nSPS) is 11.3. The topological polar surface area (TPSA) is 59.5 Å². The quantitative estimate of drug-likeness (QED) is 0.590. The van der Waals surface area contributed by atoms with Gasteiger partial charge in [-0.05, 0) is 36.4 Å². The zero-order chi connectivity index (χ0) is 15.1. The van der Waals surface area contributed by atoms with Crippen LogP contribution in [0.3, 0.4) is 0 Å². The Kier molecular flexibility index (Phi) is 2.72. The molecule has 0 bridgehead atoms. The van der Waals surface area contributed by atoms with Crippen LogP contribution in [-0.4, -0.2) is 24.8 Å². The molecule has 0 aliphatic heterocycles. The number of hydrogen-bond donors (Lipinski definition) is 1. The number of nitrogens with zero attached hydrogens (tertiary/aromatic N) is 3. The maximum Gasteiger partial charge on any atom is 0.215 e. The number of phenols is 1. The van der Waals surface area contributed by atoms with Crippen LogP contribution >= 0.6 is 0 Å². The number of hydrogen-bond acceptors (Lipinski definition) is 3. The highest BCUT2D eigenvalue weighted by Crippen LogP contribution is 2.20. The van der Waals surface area contributed by atoms with E-state index < -0.39 is 0 Å². The summed E-state index contributed by atoms with van der Waals surface area (Å²) in [5.74, 6) is 0.873. The molecule has 2 heterocycles. The van der Waals surface area contributed by atoms with Gasteiger partial charge in [0.15, 0.2) is 5.78 Å². The van der Waals surface area contributed by atoms with Gasteiger partial charge in [-0.1, -0.05) is 12.1 Å². The third-order valence-corrected chi connectivity index (χ3v) is 3.79. The van der Waals surface area contributed by atoms with E-state index in [1.807, 2.05) is 39.4 Å². The van der Waals surface area contributed by atoms with Crippen molar-refractivity contribution in [1.29, 1.82) is 0 Å². The number of benzene rings is 2. The fraction of sp³-hybridized carbons (Fsp3) is 0.0588. The first-order chi connectivity index (χ1) is 10.7. The molecule has 0 aliphatic carbocycles. The Hall–Kier alpha value is -3.08. The number of aromatic nitrogens is 3. The Morgan fingerprint density at radius 3 is 2.55 bits per heavy atom. The second-order valence-corrected chi connectivity index (χ2v) is 5.14. The van der Waals surface area contributed by atoms with E-state index in [1.54, 1.807) is 18.3 Å². The van der Waals surface area contributed by atoms with Crippen molar-refractivity contribution in [3.8, 4) is 5.75 Å². The van der Waals surface area contributed by atoms with Crippen molar-refractivity contribution < 1.29 is 9.90 Å². The summed E-state index contributed by atoms with van der Waals surface area (Å²) in [6.07, 6.45) is 3.61. The monoisotopic (exact) mass is 291 g/mol. The molecule has 0 saturated heterocycles. The Morgan fingerprint density at radius 1 is 1.05 bits per heavy atom. The van der Waals surface area contributed by atoms with Gasteiger partial charge in [-0.3, -0.25) is 9.20 Å². The number of rotatable bonds is 3. The van der Waals surface area contributed by atoms with E-state index in [0.717, 1.165) is 16.8 Å². The van der Waals surface area contributed by atoms with E-state index in [0.29, 0.717) is 5.56 Å². The first-order valence-corrected chi connectivity index (χ1v) is 6.96. The van der Waals surface area contributed by atoms with Crippen LogP contribution in [0, 0.1) is 0 Å². The number of imidazole rings is 2. The van der Waals surface area contributed by atoms with Crippen molar-refractivity contribution in [2.24, 2.45) is 0 Å². The molecule has 2 aromatic carbocycles. The van der Waals surface area contributed by atoms with Gasteiger partial charge in [-0.2, -0.15) is 0 Å². The predicted molar refractivity (Wildman–Crippen MR) is 83.1 cm³/mol. The summed E-state index contributed by atoms with van der Waals surface area (Å²) < 4.78 is 3.88. The summed E-state index contributed by atoms with van der Waals surface area (Å²) in [6.45, 7) is 0.207. The number of carbonyl (C=O) groups is 1. The molecule has 2 aromatic heterocycles. The molecule has 0 spiro atoms. The Balaban J connectivity index is 1.81. The van der Waals surface area contributed by atoms with E-state index >= 15 is 0 Å². The van der Waals surface area contributed by atoms with Crippen molar-refractivity contribution in [3.63, 3.8) is 0 Å². The third kappa shape index (κ3) is 1.87. The predicted octanol–water partition coefficient (Wildman–Crippen LogP) is 2.88. The maximum absolute atomic E-state index is 12.5. The number of ketones is 1. The minimum absolute atomic E-state index is 0.0220. The van der Waals surface area contributed by atoms with Gasteiger partial charge in [0.1, 0.15) is 5.75 Å². The van der Waals surface area contributed by atoms with Gasteiger partial charge < -0.3 is 9.67 Å². The van der Waals surface area contributed by atoms with Crippen molar-refractivity contribution in [2.45, 2.75) is 6.54 Å². The molecule has 22 heavy (non-hydrogen) atoms. The lowest BCUT2D eigenvalue weighted by Crippen LogP contribution is -2.10. The van der Waals surface area contributed by atoms with E-state index in [1.165, 1.54) is 12.1 Å². The smallest absolute Gasteiger partial charge is 0.215 e. The van der Waals surface area contributed by atoms with Crippen LogP contribution < -0.4 is 0 Å². The second kappa shape index (κ2) is 4.73. The van der Waals surface area contributed by atoms with Crippen LogP contribution in [0.5, 0.6) is 5.75 Å². The highest BCUT2D eigenvalue weighted by molar-refractivity contribution is 5.97. The van der Waals surface area contributed by atoms with Crippen LogP contribution in [0.25, 0.3) is 16.8 Å². The number of phenolic OH excluding ortho intramolecular Hbond substituents is 1. The molecule has 0 aliphatic rings. The van der Waals surface area contributed by atoms with Crippen molar-refractivity contribution in [1.82, 2.24) is 14.0 Å². The molecule has 4 rings (SSSR count). The molecule has 5 heteroatoms. The van der Waals surface area contributed by atoms with Gasteiger partial charge in [0, 0.05) is 18.0 Å². The van der Waals surface area contributed by atoms with Crippen LogP contribution in [-0.2, 0) is 6.54 Å². The second-order valence-electron chi connectivity index (χ2n) is 5.14. The maximum atomic E-state index is 12.5. The summed E-state index contributed by atoms with van der Waals surface area (Å²) in [6, 6.07) is 14.2. The van der Waals surface area contributed by atoms with Crippen molar-refractivity contribution >= 4 is 22.6 Å². The number of aromatic hydroxyl groups is 1. The van der Waals surface area contributed by atoms with Gasteiger partial charge in [0.2, 0.25) is 5.78 Å². The molecule has 0 amide bonds. The summed E-state index contributed by atoms with van der Waals surface area (Å²) in [5, 5.41) is 9.32. The van der Waals surface area contributed by atoms with E-state index in [9.17, 15) is 9.90 Å². The van der Waals surface area contributed by atoms with E-state index in [2.05, 4.69) is 4.98 Å².